The summed E-state index contributed by atoms with van der Waals surface area (Å²) >= 11 is 7.73. The number of aromatic amines is 1. The number of ether oxygens (including phenoxy) is 1. The molecule has 8 nitrogen and oxygen atoms in total. The van der Waals surface area contributed by atoms with Gasteiger partial charge in [0, 0.05) is 12.3 Å². The van der Waals surface area contributed by atoms with Crippen molar-refractivity contribution in [1.82, 2.24) is 9.55 Å². The van der Waals surface area contributed by atoms with Gasteiger partial charge in [-0.1, -0.05) is 12.8 Å². The van der Waals surface area contributed by atoms with Crippen LogP contribution in [0, 0.1) is 0 Å². The van der Waals surface area contributed by atoms with Gasteiger partial charge in [-0.05, 0) is 24.3 Å². The second kappa shape index (κ2) is 8.12. The van der Waals surface area contributed by atoms with E-state index in [1.54, 1.807) is 0 Å². The molecule has 1 aromatic heterocycles. The Balaban J connectivity index is 1.65. The Morgan fingerprint density at radius 1 is 1.50 bits per heavy atom. The highest BCUT2D eigenvalue weighted by atomic mass is 35.5. The molecule has 1 unspecified atom stereocenters. The van der Waals surface area contributed by atoms with Gasteiger partial charge >= 0.3 is 12.9 Å². The van der Waals surface area contributed by atoms with Crippen LogP contribution >= 0.6 is 30.2 Å². The number of aliphatic hydroxyl groups excluding tert-OH is 1. The monoisotopic (exact) mass is 423 g/mol. The third-order valence-electron chi connectivity index (χ3n) is 4.70. The molecule has 5 atom stereocenters. The first-order chi connectivity index (χ1) is 12.3. The van der Waals surface area contributed by atoms with E-state index < -0.39 is 41.8 Å². The molecule has 0 amide bonds. The average Bonchev–Trinajstić information content (AvgIpc) is 3.15. The predicted octanol–water partition coefficient (Wildman–Crippen LogP) is 2.14. The second-order valence-corrected chi connectivity index (χ2v) is 10.6. The molecular formula is C15H21ClN2O6PS+. The lowest BCUT2D eigenvalue weighted by Crippen LogP contribution is -2.42. The molecule has 2 aliphatic rings. The van der Waals surface area contributed by atoms with E-state index in [4.69, 9.17) is 20.9 Å². The van der Waals surface area contributed by atoms with Gasteiger partial charge in [0.25, 0.3) is 5.56 Å². The Morgan fingerprint density at radius 2 is 2.19 bits per heavy atom. The van der Waals surface area contributed by atoms with E-state index in [1.165, 1.54) is 30.6 Å². The van der Waals surface area contributed by atoms with Gasteiger partial charge in [-0.3, -0.25) is 14.3 Å². The molecule has 2 fully saturated rings. The number of nitrogens with one attached hydrogen (secondary N) is 1. The van der Waals surface area contributed by atoms with Crippen molar-refractivity contribution < 1.29 is 18.9 Å². The summed E-state index contributed by atoms with van der Waals surface area (Å²) in [4.78, 5) is 24.0. The van der Waals surface area contributed by atoms with Crippen LogP contribution < -0.4 is 11.2 Å². The van der Waals surface area contributed by atoms with Gasteiger partial charge in [-0.15, -0.1) is 16.1 Å². The first-order valence-electron chi connectivity index (χ1n) is 8.40. The maximum absolute atomic E-state index is 12.1. The Hall–Kier alpha value is -0.700. The molecule has 144 valence electrons. The molecule has 0 aromatic carbocycles. The van der Waals surface area contributed by atoms with E-state index in [-0.39, 0.29) is 6.61 Å². The van der Waals surface area contributed by atoms with Crippen LogP contribution in [-0.4, -0.2) is 43.6 Å². The van der Waals surface area contributed by atoms with Crippen molar-refractivity contribution in [1.29, 1.82) is 0 Å². The minimum atomic E-state index is -1.92. The van der Waals surface area contributed by atoms with Crippen molar-refractivity contribution in [2.45, 2.75) is 61.2 Å². The van der Waals surface area contributed by atoms with Gasteiger partial charge < -0.3 is 9.84 Å². The number of nitrogens with zero attached hydrogens (tertiary/aromatic N) is 1. The third-order valence-corrected chi connectivity index (χ3v) is 8.14. The smallest absolute Gasteiger partial charge is 0.388 e. The van der Waals surface area contributed by atoms with Crippen molar-refractivity contribution in [3.05, 3.63) is 33.1 Å². The lowest BCUT2D eigenvalue weighted by molar-refractivity contribution is -0.0406. The Bertz CT molecular complexity index is 778. The average molecular weight is 424 g/mol. The molecule has 1 aliphatic carbocycles. The molecule has 1 aromatic rings. The summed E-state index contributed by atoms with van der Waals surface area (Å²) in [5.41, 5.74) is -1.23. The Morgan fingerprint density at radius 3 is 2.85 bits per heavy atom. The van der Waals surface area contributed by atoms with Crippen molar-refractivity contribution in [2.24, 2.45) is 0 Å². The first-order valence-corrected chi connectivity index (χ1v) is 11.4. The number of H-pyrrole nitrogens is 1. The minimum absolute atomic E-state index is 0.104. The van der Waals surface area contributed by atoms with Crippen LogP contribution in [0.1, 0.15) is 38.8 Å². The largest absolute Gasteiger partial charge is 0.585 e. The molecule has 0 bridgehead atoms. The van der Waals surface area contributed by atoms with E-state index in [1.807, 2.05) is 0 Å². The second-order valence-electron chi connectivity index (χ2n) is 6.67. The fourth-order valence-electron chi connectivity index (χ4n) is 3.24. The lowest BCUT2D eigenvalue weighted by atomic mass is 10.0. The maximum Gasteiger partial charge on any atom is 0.585 e. The van der Waals surface area contributed by atoms with E-state index >= 15 is 0 Å². The fraction of sp³-hybridized carbons (Fsp3) is 0.733. The summed E-state index contributed by atoms with van der Waals surface area (Å²) < 4.78 is 24.3. The van der Waals surface area contributed by atoms with Crippen molar-refractivity contribution in [3.63, 3.8) is 0 Å². The zero-order valence-electron chi connectivity index (χ0n) is 14.2. The van der Waals surface area contributed by atoms with Crippen LogP contribution in [0.25, 0.3) is 0 Å². The number of hydrogen-bond acceptors (Lipinski definition) is 7. The Labute approximate surface area is 159 Å². The number of halogens is 1. The summed E-state index contributed by atoms with van der Waals surface area (Å²) in [6.45, 7) is 1.43. The van der Waals surface area contributed by atoms with Gasteiger partial charge in [-0.25, -0.2) is 4.79 Å². The van der Waals surface area contributed by atoms with Crippen LogP contribution in [0.4, 0.5) is 0 Å². The highest BCUT2D eigenvalue weighted by molar-refractivity contribution is 8.50. The number of aliphatic hydroxyl groups is 1. The zero-order valence-corrected chi connectivity index (χ0v) is 16.6. The van der Waals surface area contributed by atoms with Gasteiger partial charge in [0.1, 0.15) is 23.7 Å². The zero-order chi connectivity index (χ0) is 18.9. The van der Waals surface area contributed by atoms with E-state index in [9.17, 15) is 19.3 Å². The van der Waals surface area contributed by atoms with Crippen LogP contribution in [0.2, 0.25) is 0 Å². The molecule has 1 saturated heterocycles. The summed E-state index contributed by atoms with van der Waals surface area (Å²) in [6.07, 6.45) is 2.63. The third kappa shape index (κ3) is 4.24. The van der Waals surface area contributed by atoms with Crippen LogP contribution in [0.3, 0.4) is 0 Å². The van der Waals surface area contributed by atoms with Gasteiger partial charge in [0.05, 0.1) is 5.25 Å². The van der Waals surface area contributed by atoms with Crippen molar-refractivity contribution >= 4 is 30.2 Å². The molecule has 0 radical (unpaired) electrons. The number of alkyl halides is 1. The van der Waals surface area contributed by atoms with Crippen molar-refractivity contribution in [2.75, 3.05) is 6.61 Å². The van der Waals surface area contributed by atoms with Gasteiger partial charge in [-0.2, -0.15) is 0 Å². The van der Waals surface area contributed by atoms with E-state index in [2.05, 4.69) is 4.98 Å². The van der Waals surface area contributed by atoms with Crippen LogP contribution in [0.5, 0.6) is 0 Å². The summed E-state index contributed by atoms with van der Waals surface area (Å²) in [5.74, 6) is 0. The van der Waals surface area contributed by atoms with Crippen LogP contribution in [0.15, 0.2) is 21.9 Å². The molecule has 0 spiro atoms. The normalized spacial score (nSPS) is 32.9. The number of aromatic nitrogens is 2. The SMILES string of the molecule is C[C@@]1(Cl)[C@H](O)[C@@H](CO[P+](=O)SC2CCCC2)O[C@H]1n1ccc(=O)[nH]c1=O. The minimum Gasteiger partial charge on any atom is -0.388 e. The summed E-state index contributed by atoms with van der Waals surface area (Å²) in [5, 5.41) is 10.8. The summed E-state index contributed by atoms with van der Waals surface area (Å²) in [7, 11) is -1.92. The molecular weight excluding hydrogens is 403 g/mol. The maximum atomic E-state index is 12.1. The quantitative estimate of drug-likeness (QED) is 0.532. The molecule has 1 aliphatic heterocycles. The van der Waals surface area contributed by atoms with E-state index in [0.29, 0.717) is 5.25 Å². The van der Waals surface area contributed by atoms with Crippen molar-refractivity contribution in [3.8, 4) is 0 Å². The lowest BCUT2D eigenvalue weighted by Gasteiger charge is -2.26. The van der Waals surface area contributed by atoms with Crippen LogP contribution in [-0.2, 0) is 13.8 Å². The van der Waals surface area contributed by atoms with Gasteiger partial charge in [0.2, 0.25) is 0 Å². The highest BCUT2D eigenvalue weighted by Gasteiger charge is 2.54. The number of rotatable bonds is 6. The molecule has 26 heavy (non-hydrogen) atoms. The standard InChI is InChI=1S/C15H20ClN2O6PS/c1-15(16)12(20)10(8-23-25(22)26-9-4-2-3-5-9)24-13(15)18-7-6-11(19)17-14(18)21/h6-7,9-10,12-13,20H,2-5,8H2,1H3/p+1/t10-,12-,13-,15-/m1/s1. The fourth-order valence-corrected chi connectivity index (χ4v) is 6.38. The predicted molar refractivity (Wildman–Crippen MR) is 98.9 cm³/mol. The molecule has 2 N–H and O–H groups in total. The topological polar surface area (TPSA) is 111 Å². The van der Waals surface area contributed by atoms with E-state index in [0.717, 1.165) is 30.3 Å². The number of hydrogen-bond donors (Lipinski definition) is 2. The summed E-state index contributed by atoms with van der Waals surface area (Å²) in [6, 6.07) is 1.17. The van der Waals surface area contributed by atoms with Gasteiger partial charge in [0.15, 0.2) is 17.6 Å². The highest BCUT2D eigenvalue weighted by Crippen LogP contribution is 2.48. The Kier molecular flexibility index (Phi) is 6.26. The molecule has 11 heteroatoms. The first kappa shape index (κ1) is 20.0. The molecule has 1 saturated carbocycles. The molecule has 2 heterocycles. The molecule has 3 rings (SSSR count).